The number of halogens is 2. The molecule has 3 aromatic carbocycles. The van der Waals surface area contributed by atoms with Crippen LogP contribution >= 0.6 is 12.4 Å². The number of nitrogens with zero attached hydrogens (tertiary/aromatic N) is 4. The summed E-state index contributed by atoms with van der Waals surface area (Å²) in [6.07, 6.45) is 7.47. The SMILES string of the molecule is Cc1cc(C(=O)NC2CCC(N(C)C)CC2)ccc1-c1cccc(C[C@H](NC(=O)C2CCC(CN)CC2)C(=O)Nc2ccc(-c3nn[nH]n3)c(F)c2)c1.Cl. The normalized spacial score (nSPS) is 20.4. The molecule has 4 aromatic rings. The number of carbonyl (C=O) groups excluding carboxylic acids is 3. The number of aromatic nitrogens is 4. The van der Waals surface area contributed by atoms with Crippen LogP contribution in [0.5, 0.6) is 0 Å². The van der Waals surface area contributed by atoms with Crippen molar-refractivity contribution in [1.29, 1.82) is 0 Å². The van der Waals surface area contributed by atoms with Gasteiger partial charge in [0.1, 0.15) is 11.9 Å². The smallest absolute Gasteiger partial charge is 0.251 e. The van der Waals surface area contributed by atoms with Crippen molar-refractivity contribution in [2.45, 2.75) is 82.8 Å². The lowest BCUT2D eigenvalue weighted by Crippen LogP contribution is -2.48. The molecule has 0 aliphatic heterocycles. The Balaban J connectivity index is 0.00000561. The zero-order valence-electron chi connectivity index (χ0n) is 31.1. The summed E-state index contributed by atoms with van der Waals surface area (Å²) in [5.41, 5.74) is 10.5. The van der Waals surface area contributed by atoms with Crippen LogP contribution in [0.2, 0.25) is 0 Å². The van der Waals surface area contributed by atoms with Gasteiger partial charge in [-0.05, 0) is 143 Å². The molecule has 12 nitrogen and oxygen atoms in total. The predicted octanol–water partition coefficient (Wildman–Crippen LogP) is 5.44. The lowest BCUT2D eigenvalue weighted by molar-refractivity contribution is -0.130. The molecule has 3 amide bonds. The zero-order valence-corrected chi connectivity index (χ0v) is 31.9. The van der Waals surface area contributed by atoms with E-state index in [4.69, 9.17) is 5.73 Å². The molecule has 2 aliphatic rings. The highest BCUT2D eigenvalue weighted by molar-refractivity contribution is 5.98. The Morgan fingerprint density at radius 3 is 2.33 bits per heavy atom. The highest BCUT2D eigenvalue weighted by Gasteiger charge is 2.30. The van der Waals surface area contributed by atoms with Crippen LogP contribution in [0.15, 0.2) is 60.7 Å². The van der Waals surface area contributed by atoms with Gasteiger partial charge in [0.25, 0.3) is 5.91 Å². The third kappa shape index (κ3) is 10.1. The molecule has 6 rings (SSSR count). The number of hydrogen-bond acceptors (Lipinski definition) is 8. The molecule has 0 saturated heterocycles. The third-order valence-corrected chi connectivity index (χ3v) is 10.9. The Bertz CT molecular complexity index is 1890. The Labute approximate surface area is 322 Å². The van der Waals surface area contributed by atoms with Gasteiger partial charge in [-0.2, -0.15) is 5.21 Å². The maximum atomic E-state index is 15.0. The standard InChI is InChI=1S/C40H50FN9O3.ClH/c1-24-19-29(39(52)43-30-12-15-32(16-13-30)50(2)3)11-17-33(24)28-6-4-5-26(20-28)21-36(45-38(51)27-9-7-25(23-42)8-10-27)40(53)44-31-14-18-34(35(41)22-31)37-46-48-49-47-37;/h4-6,11,14,17-20,22,25,27,30,32,36H,7-10,12-13,15-16,21,23,42H2,1-3H3,(H,43,52)(H,44,53)(H,45,51)(H,46,47,48,49);1H/t25?,27?,30?,32?,36-;/m0./s1. The molecule has 2 aliphatic carbocycles. The summed E-state index contributed by atoms with van der Waals surface area (Å²) in [5, 5.41) is 22.5. The van der Waals surface area contributed by atoms with Gasteiger partial charge in [0.15, 0.2) is 0 Å². The van der Waals surface area contributed by atoms with Crippen molar-refractivity contribution < 1.29 is 18.8 Å². The van der Waals surface area contributed by atoms with Gasteiger partial charge < -0.3 is 26.6 Å². The average Bonchev–Trinajstić information content (AvgIpc) is 3.70. The third-order valence-electron chi connectivity index (χ3n) is 10.9. The van der Waals surface area contributed by atoms with Gasteiger partial charge in [-0.1, -0.05) is 30.3 Å². The number of benzene rings is 3. The first-order valence-corrected chi connectivity index (χ1v) is 18.6. The number of H-pyrrole nitrogens is 1. The van der Waals surface area contributed by atoms with Crippen LogP contribution in [-0.2, 0) is 16.0 Å². The topological polar surface area (TPSA) is 171 Å². The predicted molar refractivity (Wildman–Crippen MR) is 209 cm³/mol. The summed E-state index contributed by atoms with van der Waals surface area (Å²) in [7, 11) is 4.22. The van der Waals surface area contributed by atoms with Crippen molar-refractivity contribution in [3.05, 3.63) is 83.2 Å². The molecule has 54 heavy (non-hydrogen) atoms. The van der Waals surface area contributed by atoms with Gasteiger partial charge in [0.2, 0.25) is 17.6 Å². The van der Waals surface area contributed by atoms with Crippen molar-refractivity contribution in [2.24, 2.45) is 17.6 Å². The molecular formula is C40H51ClFN9O3. The van der Waals surface area contributed by atoms with E-state index in [-0.39, 0.29) is 59.7 Å². The quantitative estimate of drug-likeness (QED) is 0.127. The number of carbonyl (C=O) groups is 3. The van der Waals surface area contributed by atoms with Crippen LogP contribution < -0.4 is 21.7 Å². The molecule has 288 valence electrons. The van der Waals surface area contributed by atoms with Crippen LogP contribution in [0.3, 0.4) is 0 Å². The first-order chi connectivity index (χ1) is 25.6. The minimum absolute atomic E-state index is 0. The molecule has 2 saturated carbocycles. The van der Waals surface area contributed by atoms with E-state index >= 15 is 4.39 Å². The van der Waals surface area contributed by atoms with Crippen LogP contribution in [0.1, 0.15) is 72.9 Å². The summed E-state index contributed by atoms with van der Waals surface area (Å²) >= 11 is 0. The number of anilines is 1. The summed E-state index contributed by atoms with van der Waals surface area (Å²) in [6.45, 7) is 2.59. The molecule has 6 N–H and O–H groups in total. The van der Waals surface area contributed by atoms with Crippen molar-refractivity contribution in [3.63, 3.8) is 0 Å². The van der Waals surface area contributed by atoms with E-state index < -0.39 is 17.8 Å². The fourth-order valence-corrected chi connectivity index (χ4v) is 7.67. The van der Waals surface area contributed by atoms with E-state index in [0.717, 1.165) is 60.8 Å². The van der Waals surface area contributed by atoms with E-state index in [1.54, 1.807) is 6.07 Å². The number of tetrazole rings is 1. The molecule has 1 aromatic heterocycles. The van der Waals surface area contributed by atoms with Gasteiger partial charge >= 0.3 is 0 Å². The Kier molecular flexibility index (Phi) is 13.9. The van der Waals surface area contributed by atoms with Crippen molar-refractivity contribution >= 4 is 35.8 Å². The molecule has 0 spiro atoms. The molecule has 2 fully saturated rings. The van der Waals surface area contributed by atoms with Gasteiger partial charge in [-0.25, -0.2) is 4.39 Å². The second kappa shape index (κ2) is 18.5. The number of aromatic amines is 1. The second-order valence-corrected chi connectivity index (χ2v) is 14.8. The molecule has 1 atom stereocenters. The van der Waals surface area contributed by atoms with Gasteiger partial charge in [-0.3, -0.25) is 14.4 Å². The van der Waals surface area contributed by atoms with Crippen molar-refractivity contribution in [2.75, 3.05) is 26.0 Å². The number of nitrogens with one attached hydrogen (secondary N) is 4. The Hall–Kier alpha value is -4.72. The Morgan fingerprint density at radius 2 is 1.69 bits per heavy atom. The molecule has 0 bridgehead atoms. The van der Waals surface area contributed by atoms with Gasteiger partial charge in [0, 0.05) is 35.7 Å². The Morgan fingerprint density at radius 1 is 0.944 bits per heavy atom. The monoisotopic (exact) mass is 759 g/mol. The summed E-state index contributed by atoms with van der Waals surface area (Å²) < 4.78 is 15.0. The first kappa shape index (κ1) is 40.5. The van der Waals surface area contributed by atoms with Crippen LogP contribution in [0.25, 0.3) is 22.5 Å². The fraction of sp³-hybridized carbons (Fsp3) is 0.450. The van der Waals surface area contributed by atoms with E-state index in [1.807, 2.05) is 49.4 Å². The summed E-state index contributed by atoms with van der Waals surface area (Å²) in [4.78, 5) is 42.8. The van der Waals surface area contributed by atoms with Crippen molar-refractivity contribution in [3.8, 4) is 22.5 Å². The minimum atomic E-state index is -0.926. The van der Waals surface area contributed by atoms with Gasteiger partial charge in [0.05, 0.1) is 5.56 Å². The highest BCUT2D eigenvalue weighted by atomic mass is 35.5. The van der Waals surface area contributed by atoms with Gasteiger partial charge in [-0.15, -0.1) is 22.6 Å². The number of hydrogen-bond donors (Lipinski definition) is 5. The number of aryl methyl sites for hydroxylation is 1. The molecule has 1 heterocycles. The van der Waals surface area contributed by atoms with Crippen LogP contribution in [0.4, 0.5) is 10.1 Å². The fourth-order valence-electron chi connectivity index (χ4n) is 7.67. The first-order valence-electron chi connectivity index (χ1n) is 18.6. The summed E-state index contributed by atoms with van der Waals surface area (Å²) in [6, 6.07) is 17.6. The largest absolute Gasteiger partial charge is 0.349 e. The average molecular weight is 760 g/mol. The molecular weight excluding hydrogens is 709 g/mol. The van der Waals surface area contributed by atoms with Crippen LogP contribution in [-0.4, -0.2) is 82.0 Å². The van der Waals surface area contributed by atoms with Crippen LogP contribution in [0, 0.1) is 24.6 Å². The van der Waals surface area contributed by atoms with E-state index in [1.165, 1.54) is 12.1 Å². The number of amides is 3. The lowest BCUT2D eigenvalue weighted by atomic mass is 9.81. The maximum Gasteiger partial charge on any atom is 0.251 e. The second-order valence-electron chi connectivity index (χ2n) is 14.8. The molecule has 14 heteroatoms. The molecule has 0 unspecified atom stereocenters. The minimum Gasteiger partial charge on any atom is -0.349 e. The van der Waals surface area contributed by atoms with E-state index in [9.17, 15) is 14.4 Å². The highest BCUT2D eigenvalue weighted by Crippen LogP contribution is 2.30. The number of rotatable bonds is 12. The number of nitrogens with two attached hydrogens (primary N) is 1. The van der Waals surface area contributed by atoms with E-state index in [0.29, 0.717) is 36.9 Å². The summed E-state index contributed by atoms with van der Waals surface area (Å²) in [5.74, 6) is -1.03. The zero-order chi connectivity index (χ0) is 37.5. The molecule has 0 radical (unpaired) electrons. The lowest BCUT2D eigenvalue weighted by Gasteiger charge is -2.33. The van der Waals surface area contributed by atoms with E-state index in [2.05, 4.69) is 55.6 Å². The van der Waals surface area contributed by atoms with Crippen molar-refractivity contribution in [1.82, 2.24) is 36.2 Å². The maximum absolute atomic E-state index is 15.0.